The molecule has 1 aliphatic carbocycles. The van der Waals surface area contributed by atoms with Crippen LogP contribution >= 0.6 is 11.3 Å². The average Bonchev–Trinajstić information content (AvgIpc) is 2.80. The van der Waals surface area contributed by atoms with Crippen molar-refractivity contribution in [3.8, 4) is 0 Å². The largest absolute Gasteiger partial charge is 0.393 e. The molecule has 1 saturated carbocycles. The van der Waals surface area contributed by atoms with E-state index in [4.69, 9.17) is 0 Å². The van der Waals surface area contributed by atoms with Crippen molar-refractivity contribution in [2.75, 3.05) is 13.6 Å². The van der Waals surface area contributed by atoms with E-state index in [0.717, 1.165) is 38.6 Å². The molecule has 1 aliphatic rings. The van der Waals surface area contributed by atoms with Crippen LogP contribution in [0, 0.1) is 0 Å². The van der Waals surface area contributed by atoms with E-state index < -0.39 is 0 Å². The summed E-state index contributed by atoms with van der Waals surface area (Å²) in [6, 6.07) is 5.02. The first kappa shape index (κ1) is 12.1. The monoisotopic (exact) mass is 239 g/mol. The molecule has 16 heavy (non-hydrogen) atoms. The highest BCUT2D eigenvalue weighted by atomic mass is 32.1. The smallest absolute Gasteiger partial charge is 0.0541 e. The van der Waals surface area contributed by atoms with Crippen LogP contribution in [-0.4, -0.2) is 35.7 Å². The van der Waals surface area contributed by atoms with Crippen LogP contribution in [-0.2, 0) is 6.42 Å². The lowest BCUT2D eigenvalue weighted by Gasteiger charge is -2.33. The minimum absolute atomic E-state index is 0.0399. The van der Waals surface area contributed by atoms with Gasteiger partial charge in [0.2, 0.25) is 0 Å². The number of hydrogen-bond donors (Lipinski definition) is 1. The van der Waals surface area contributed by atoms with Crippen LogP contribution in [0.3, 0.4) is 0 Å². The van der Waals surface area contributed by atoms with Gasteiger partial charge in [-0.05, 0) is 50.6 Å². The van der Waals surface area contributed by atoms with E-state index in [1.807, 2.05) is 11.3 Å². The summed E-state index contributed by atoms with van der Waals surface area (Å²) in [5, 5.41) is 11.6. The molecule has 0 aliphatic heterocycles. The lowest BCUT2D eigenvalue weighted by molar-refractivity contribution is 0.0847. The maximum atomic E-state index is 9.47. The first-order valence-electron chi connectivity index (χ1n) is 6.16. The third kappa shape index (κ3) is 3.30. The van der Waals surface area contributed by atoms with Crippen LogP contribution in [0.2, 0.25) is 0 Å². The van der Waals surface area contributed by atoms with Gasteiger partial charge in [-0.2, -0.15) is 0 Å². The van der Waals surface area contributed by atoms with Gasteiger partial charge >= 0.3 is 0 Å². The number of aliphatic hydroxyl groups is 1. The summed E-state index contributed by atoms with van der Waals surface area (Å²) in [5.74, 6) is 0. The highest BCUT2D eigenvalue weighted by molar-refractivity contribution is 7.09. The van der Waals surface area contributed by atoms with Crippen molar-refractivity contribution < 1.29 is 5.11 Å². The van der Waals surface area contributed by atoms with Crippen LogP contribution in [0.15, 0.2) is 17.5 Å². The molecular formula is C13H21NOS. The Morgan fingerprint density at radius 1 is 1.38 bits per heavy atom. The maximum Gasteiger partial charge on any atom is 0.0541 e. The molecular weight excluding hydrogens is 218 g/mol. The van der Waals surface area contributed by atoms with Gasteiger partial charge in [0, 0.05) is 17.5 Å². The molecule has 1 fully saturated rings. The second kappa shape index (κ2) is 5.80. The Kier molecular flexibility index (Phi) is 4.38. The molecule has 3 heteroatoms. The molecule has 1 aromatic rings. The summed E-state index contributed by atoms with van der Waals surface area (Å²) in [6.45, 7) is 1.14. The lowest BCUT2D eigenvalue weighted by Crippen LogP contribution is -2.37. The molecule has 0 unspecified atom stereocenters. The van der Waals surface area contributed by atoms with Crippen molar-refractivity contribution in [3.05, 3.63) is 22.4 Å². The molecule has 0 bridgehead atoms. The molecule has 90 valence electrons. The summed E-state index contributed by atoms with van der Waals surface area (Å²) in [7, 11) is 2.22. The zero-order valence-electron chi connectivity index (χ0n) is 9.93. The molecule has 2 nitrogen and oxygen atoms in total. The van der Waals surface area contributed by atoms with E-state index in [1.165, 1.54) is 4.88 Å². The van der Waals surface area contributed by atoms with Gasteiger partial charge in [0.15, 0.2) is 0 Å². The third-order valence-corrected chi connectivity index (χ3v) is 4.52. The second-order valence-electron chi connectivity index (χ2n) is 4.77. The Morgan fingerprint density at radius 2 is 2.12 bits per heavy atom. The molecule has 0 spiro atoms. The topological polar surface area (TPSA) is 23.5 Å². The minimum Gasteiger partial charge on any atom is -0.393 e. The Labute approximate surface area is 102 Å². The van der Waals surface area contributed by atoms with Gasteiger partial charge < -0.3 is 10.0 Å². The van der Waals surface area contributed by atoms with Gasteiger partial charge in [0.25, 0.3) is 0 Å². The fraction of sp³-hybridized carbons (Fsp3) is 0.692. The average molecular weight is 239 g/mol. The van der Waals surface area contributed by atoms with Crippen molar-refractivity contribution in [1.82, 2.24) is 4.90 Å². The van der Waals surface area contributed by atoms with Gasteiger partial charge in [-0.25, -0.2) is 0 Å². The zero-order chi connectivity index (χ0) is 11.4. The summed E-state index contributed by atoms with van der Waals surface area (Å²) >= 11 is 1.85. The lowest BCUT2D eigenvalue weighted by atomic mass is 9.92. The minimum atomic E-state index is -0.0399. The molecule has 0 radical (unpaired) electrons. The fourth-order valence-corrected chi connectivity index (χ4v) is 3.12. The van der Waals surface area contributed by atoms with E-state index in [2.05, 4.69) is 29.5 Å². The Hall–Kier alpha value is -0.380. The molecule has 1 N–H and O–H groups in total. The second-order valence-corrected chi connectivity index (χ2v) is 5.80. The molecule has 0 saturated heterocycles. The van der Waals surface area contributed by atoms with Gasteiger partial charge in [-0.1, -0.05) is 6.07 Å². The fourth-order valence-electron chi connectivity index (χ4n) is 2.42. The van der Waals surface area contributed by atoms with Gasteiger partial charge in [-0.15, -0.1) is 11.3 Å². The van der Waals surface area contributed by atoms with E-state index in [0.29, 0.717) is 6.04 Å². The van der Waals surface area contributed by atoms with Gasteiger partial charge in [0.05, 0.1) is 6.10 Å². The first-order chi connectivity index (χ1) is 7.75. The van der Waals surface area contributed by atoms with E-state index in [1.54, 1.807) is 0 Å². The van der Waals surface area contributed by atoms with Crippen molar-refractivity contribution in [3.63, 3.8) is 0 Å². The zero-order valence-corrected chi connectivity index (χ0v) is 10.7. The highest BCUT2D eigenvalue weighted by Gasteiger charge is 2.22. The molecule has 1 aromatic heterocycles. The molecule has 0 atom stereocenters. The molecule has 1 heterocycles. The van der Waals surface area contributed by atoms with E-state index >= 15 is 0 Å². The van der Waals surface area contributed by atoms with Gasteiger partial charge in [-0.3, -0.25) is 0 Å². The number of thiophene rings is 1. The Morgan fingerprint density at radius 3 is 2.75 bits per heavy atom. The molecule has 2 rings (SSSR count). The summed E-state index contributed by atoms with van der Waals surface area (Å²) < 4.78 is 0. The van der Waals surface area contributed by atoms with Crippen LogP contribution in [0.4, 0.5) is 0 Å². The maximum absolute atomic E-state index is 9.47. The standard InChI is InChI=1S/C13H21NOS/c1-14(9-8-13-3-2-10-16-13)11-4-6-12(15)7-5-11/h2-3,10-12,15H,4-9H2,1H3. The van der Waals surface area contributed by atoms with Gasteiger partial charge in [0.1, 0.15) is 0 Å². The predicted octanol–water partition coefficient (Wildman–Crippen LogP) is 2.53. The number of hydrogen-bond acceptors (Lipinski definition) is 3. The SMILES string of the molecule is CN(CCc1cccs1)C1CCC(O)CC1. The van der Waals surface area contributed by atoms with E-state index in [-0.39, 0.29) is 6.10 Å². The number of rotatable bonds is 4. The Bertz CT molecular complexity index is 291. The summed E-state index contributed by atoms with van der Waals surface area (Å²) in [5.41, 5.74) is 0. The van der Waals surface area contributed by atoms with Crippen molar-refractivity contribution in [2.45, 2.75) is 44.2 Å². The van der Waals surface area contributed by atoms with Crippen molar-refractivity contribution in [1.29, 1.82) is 0 Å². The third-order valence-electron chi connectivity index (χ3n) is 3.58. The summed E-state index contributed by atoms with van der Waals surface area (Å²) in [4.78, 5) is 3.94. The summed E-state index contributed by atoms with van der Waals surface area (Å²) in [6.07, 6.45) is 5.39. The van der Waals surface area contributed by atoms with E-state index in [9.17, 15) is 5.11 Å². The molecule has 0 aromatic carbocycles. The predicted molar refractivity (Wildman–Crippen MR) is 68.9 cm³/mol. The highest BCUT2D eigenvalue weighted by Crippen LogP contribution is 2.22. The number of likely N-dealkylation sites (N-methyl/N-ethyl adjacent to an activating group) is 1. The molecule has 0 amide bonds. The normalized spacial score (nSPS) is 26.2. The van der Waals surface area contributed by atoms with Crippen LogP contribution < -0.4 is 0 Å². The first-order valence-corrected chi connectivity index (χ1v) is 7.04. The van der Waals surface area contributed by atoms with Crippen molar-refractivity contribution >= 4 is 11.3 Å². The van der Waals surface area contributed by atoms with Crippen LogP contribution in [0.5, 0.6) is 0 Å². The number of aliphatic hydroxyl groups excluding tert-OH is 1. The van der Waals surface area contributed by atoms with Crippen LogP contribution in [0.25, 0.3) is 0 Å². The van der Waals surface area contributed by atoms with Crippen LogP contribution in [0.1, 0.15) is 30.6 Å². The quantitative estimate of drug-likeness (QED) is 0.873. The van der Waals surface area contributed by atoms with Crippen molar-refractivity contribution in [2.24, 2.45) is 0 Å². The number of nitrogens with zero attached hydrogens (tertiary/aromatic N) is 1. The Balaban J connectivity index is 1.73.